The third-order valence-electron chi connectivity index (χ3n) is 3.30. The third-order valence-corrected chi connectivity index (χ3v) is 3.84. The van der Waals surface area contributed by atoms with E-state index in [2.05, 4.69) is 5.32 Å². The highest BCUT2D eigenvalue weighted by atomic mass is 35.5. The Hall–Kier alpha value is -2.04. The van der Waals surface area contributed by atoms with Crippen LogP contribution in [0.2, 0.25) is 10.0 Å². The predicted octanol–water partition coefficient (Wildman–Crippen LogP) is 4.29. The molecule has 0 aliphatic rings. The van der Waals surface area contributed by atoms with E-state index in [0.29, 0.717) is 21.4 Å². The summed E-state index contributed by atoms with van der Waals surface area (Å²) in [6.45, 7) is 3.14. The maximum Gasteiger partial charge on any atom is 0.244 e. The number of hydrogen-bond donors (Lipinski definition) is 1. The molecular weight excluding hydrogens is 335 g/mol. The fourth-order valence-electron chi connectivity index (χ4n) is 2.11. The van der Waals surface area contributed by atoms with E-state index in [0.717, 1.165) is 5.56 Å². The van der Waals surface area contributed by atoms with Crippen LogP contribution in [0.25, 0.3) is 0 Å². The zero-order valence-electron chi connectivity index (χ0n) is 12.8. The molecule has 2 amide bonds. The summed E-state index contributed by atoms with van der Waals surface area (Å²) in [6, 6.07) is 12.2. The fraction of sp³-hybridized carbons (Fsp3) is 0.176. The van der Waals surface area contributed by atoms with Crippen molar-refractivity contribution in [1.29, 1.82) is 0 Å². The summed E-state index contributed by atoms with van der Waals surface area (Å²) >= 11 is 12.0. The van der Waals surface area contributed by atoms with Gasteiger partial charge in [0.25, 0.3) is 0 Å². The van der Waals surface area contributed by atoms with Crippen LogP contribution in [0.5, 0.6) is 0 Å². The van der Waals surface area contributed by atoms with Gasteiger partial charge in [0.1, 0.15) is 6.54 Å². The van der Waals surface area contributed by atoms with Crippen LogP contribution < -0.4 is 10.2 Å². The summed E-state index contributed by atoms with van der Waals surface area (Å²) in [7, 11) is 0. The lowest BCUT2D eigenvalue weighted by atomic mass is 10.2. The Morgan fingerprint density at radius 3 is 2.43 bits per heavy atom. The van der Waals surface area contributed by atoms with Gasteiger partial charge in [-0.2, -0.15) is 0 Å². The zero-order valence-corrected chi connectivity index (χ0v) is 14.3. The monoisotopic (exact) mass is 350 g/mol. The lowest BCUT2D eigenvalue weighted by Crippen LogP contribution is -2.37. The molecule has 0 fully saturated rings. The zero-order chi connectivity index (χ0) is 17.0. The van der Waals surface area contributed by atoms with Crippen molar-refractivity contribution >= 4 is 46.4 Å². The molecule has 0 atom stereocenters. The molecule has 120 valence electrons. The summed E-state index contributed by atoms with van der Waals surface area (Å²) in [5.74, 6) is -0.588. The molecule has 0 spiro atoms. The first-order valence-corrected chi connectivity index (χ1v) is 7.72. The normalized spacial score (nSPS) is 10.3. The molecule has 2 aromatic carbocycles. The first kappa shape index (κ1) is 17.3. The summed E-state index contributed by atoms with van der Waals surface area (Å²) in [6.07, 6.45) is 0. The second-order valence-electron chi connectivity index (χ2n) is 5.06. The van der Waals surface area contributed by atoms with E-state index in [-0.39, 0.29) is 18.4 Å². The minimum atomic E-state index is -0.305. The van der Waals surface area contributed by atoms with Crippen molar-refractivity contribution in [2.75, 3.05) is 16.8 Å². The number of hydrogen-bond acceptors (Lipinski definition) is 2. The number of para-hydroxylation sites is 1. The molecule has 6 heteroatoms. The van der Waals surface area contributed by atoms with Crippen molar-refractivity contribution in [1.82, 2.24) is 0 Å². The van der Waals surface area contributed by atoms with Crippen molar-refractivity contribution in [2.24, 2.45) is 0 Å². The van der Waals surface area contributed by atoms with Crippen LogP contribution in [0.1, 0.15) is 12.5 Å². The topological polar surface area (TPSA) is 49.4 Å². The van der Waals surface area contributed by atoms with Gasteiger partial charge in [-0.05, 0) is 36.8 Å². The van der Waals surface area contributed by atoms with E-state index >= 15 is 0 Å². The van der Waals surface area contributed by atoms with Gasteiger partial charge in [0.15, 0.2) is 0 Å². The standard InChI is InChI=1S/C17H16Cl2N2O2/c1-11-5-3-4-6-15(11)20-17(23)10-21(12(2)22)16-8-7-13(18)9-14(16)19/h3-9H,10H2,1-2H3,(H,20,23). The van der Waals surface area contributed by atoms with Gasteiger partial charge >= 0.3 is 0 Å². The Labute approximate surface area is 145 Å². The number of nitrogens with zero attached hydrogens (tertiary/aromatic N) is 1. The quantitative estimate of drug-likeness (QED) is 0.893. The van der Waals surface area contributed by atoms with Gasteiger partial charge in [-0.15, -0.1) is 0 Å². The molecule has 23 heavy (non-hydrogen) atoms. The SMILES string of the molecule is CC(=O)N(CC(=O)Nc1ccccc1C)c1ccc(Cl)cc1Cl. The highest BCUT2D eigenvalue weighted by molar-refractivity contribution is 6.36. The molecule has 1 N–H and O–H groups in total. The van der Waals surface area contributed by atoms with Crippen molar-refractivity contribution in [3.8, 4) is 0 Å². The summed E-state index contributed by atoms with van der Waals surface area (Å²) in [5.41, 5.74) is 2.10. The molecule has 0 saturated carbocycles. The molecule has 0 aliphatic heterocycles. The van der Waals surface area contributed by atoms with Crippen LogP contribution in [-0.4, -0.2) is 18.4 Å². The molecule has 0 bridgehead atoms. The molecule has 0 unspecified atom stereocenters. The van der Waals surface area contributed by atoms with Crippen molar-refractivity contribution < 1.29 is 9.59 Å². The minimum Gasteiger partial charge on any atom is -0.324 e. The average molecular weight is 351 g/mol. The lowest BCUT2D eigenvalue weighted by Gasteiger charge is -2.22. The largest absolute Gasteiger partial charge is 0.324 e. The van der Waals surface area contributed by atoms with Gasteiger partial charge in [-0.1, -0.05) is 41.4 Å². The number of carbonyl (C=O) groups is 2. The van der Waals surface area contributed by atoms with Gasteiger partial charge in [0.2, 0.25) is 11.8 Å². The Morgan fingerprint density at radius 1 is 1.13 bits per heavy atom. The number of aryl methyl sites for hydroxylation is 1. The van der Waals surface area contributed by atoms with E-state index in [1.165, 1.54) is 17.9 Å². The Morgan fingerprint density at radius 2 is 1.83 bits per heavy atom. The number of nitrogens with one attached hydrogen (secondary N) is 1. The highest BCUT2D eigenvalue weighted by Gasteiger charge is 2.19. The summed E-state index contributed by atoms with van der Waals surface area (Å²) < 4.78 is 0. The average Bonchev–Trinajstić information content (AvgIpc) is 2.48. The lowest BCUT2D eigenvalue weighted by molar-refractivity contribution is -0.120. The van der Waals surface area contributed by atoms with Gasteiger partial charge in [0.05, 0.1) is 10.7 Å². The smallest absolute Gasteiger partial charge is 0.244 e. The van der Waals surface area contributed by atoms with E-state index in [1.54, 1.807) is 18.2 Å². The summed E-state index contributed by atoms with van der Waals surface area (Å²) in [5, 5.41) is 3.57. The van der Waals surface area contributed by atoms with Crippen LogP contribution in [0.4, 0.5) is 11.4 Å². The van der Waals surface area contributed by atoms with Crippen LogP contribution >= 0.6 is 23.2 Å². The number of carbonyl (C=O) groups excluding carboxylic acids is 2. The van der Waals surface area contributed by atoms with Crippen molar-refractivity contribution in [3.63, 3.8) is 0 Å². The van der Waals surface area contributed by atoms with Crippen LogP contribution in [0.3, 0.4) is 0 Å². The van der Waals surface area contributed by atoms with E-state index in [4.69, 9.17) is 23.2 Å². The van der Waals surface area contributed by atoms with Gasteiger partial charge in [-0.25, -0.2) is 0 Å². The second kappa shape index (κ2) is 7.49. The first-order valence-electron chi connectivity index (χ1n) is 6.97. The second-order valence-corrected chi connectivity index (χ2v) is 5.91. The number of anilines is 2. The number of amides is 2. The molecule has 4 nitrogen and oxygen atoms in total. The van der Waals surface area contributed by atoms with Gasteiger partial charge < -0.3 is 10.2 Å². The molecule has 0 saturated heterocycles. The molecule has 0 aromatic heterocycles. The number of benzene rings is 2. The highest BCUT2D eigenvalue weighted by Crippen LogP contribution is 2.29. The molecule has 0 heterocycles. The van der Waals surface area contributed by atoms with E-state index < -0.39 is 0 Å². The minimum absolute atomic E-state index is 0.134. The molecule has 0 radical (unpaired) electrons. The van der Waals surface area contributed by atoms with Crippen LogP contribution in [0.15, 0.2) is 42.5 Å². The Balaban J connectivity index is 2.18. The first-order chi connectivity index (χ1) is 10.9. The van der Waals surface area contributed by atoms with Crippen LogP contribution in [-0.2, 0) is 9.59 Å². The van der Waals surface area contributed by atoms with E-state index in [9.17, 15) is 9.59 Å². The molecular formula is C17H16Cl2N2O2. The Kier molecular flexibility index (Phi) is 5.64. The molecule has 2 aromatic rings. The predicted molar refractivity (Wildman–Crippen MR) is 94.3 cm³/mol. The van der Waals surface area contributed by atoms with Crippen LogP contribution in [0, 0.1) is 6.92 Å². The maximum atomic E-state index is 12.3. The molecule has 2 rings (SSSR count). The number of halogens is 2. The summed E-state index contributed by atoms with van der Waals surface area (Å²) in [4.78, 5) is 25.5. The number of rotatable bonds is 4. The van der Waals surface area contributed by atoms with Crippen molar-refractivity contribution in [2.45, 2.75) is 13.8 Å². The maximum absolute atomic E-state index is 12.3. The van der Waals surface area contributed by atoms with E-state index in [1.807, 2.05) is 25.1 Å². The van der Waals surface area contributed by atoms with Gasteiger partial charge in [0, 0.05) is 17.6 Å². The van der Waals surface area contributed by atoms with Crippen molar-refractivity contribution in [3.05, 3.63) is 58.1 Å². The molecule has 0 aliphatic carbocycles. The fourth-order valence-corrected chi connectivity index (χ4v) is 2.62. The third kappa shape index (κ3) is 4.47. The Bertz CT molecular complexity index is 747. The van der Waals surface area contributed by atoms with Gasteiger partial charge in [-0.3, -0.25) is 9.59 Å².